The minimum absolute atomic E-state index is 0.220. The highest BCUT2D eigenvalue weighted by molar-refractivity contribution is 7.99. The molecule has 4 N–H and O–H groups in total. The molecule has 0 aliphatic heterocycles. The molecule has 0 fully saturated rings. The molecule has 0 aromatic rings. The van der Waals surface area contributed by atoms with Crippen LogP contribution < -0.4 is 16.4 Å². The largest absolute Gasteiger partial charge is 0.341 e. The third-order valence-corrected chi connectivity index (χ3v) is 2.87. The molecule has 5 nitrogen and oxygen atoms in total. The number of hydrogen-bond acceptors (Lipinski definition) is 4. The Bertz CT molecular complexity index is 226. The number of carbonyl (C=O) groups excluding carboxylic acids is 2. The van der Waals surface area contributed by atoms with Crippen LogP contribution in [0.4, 0.5) is 4.79 Å². The van der Waals surface area contributed by atoms with Crippen molar-refractivity contribution in [1.29, 1.82) is 0 Å². The number of amides is 3. The van der Waals surface area contributed by atoms with E-state index >= 15 is 0 Å². The van der Waals surface area contributed by atoms with E-state index in [-0.39, 0.29) is 11.4 Å². The molecule has 0 aromatic carbocycles. The fourth-order valence-electron chi connectivity index (χ4n) is 0.752. The van der Waals surface area contributed by atoms with Gasteiger partial charge in [0.15, 0.2) is 0 Å². The van der Waals surface area contributed by atoms with E-state index in [1.165, 1.54) is 7.05 Å². The van der Waals surface area contributed by atoms with Crippen molar-refractivity contribution in [3.8, 4) is 0 Å². The molecule has 88 valence electrons. The average molecular weight is 233 g/mol. The predicted molar refractivity (Wildman–Crippen MR) is 62.8 cm³/mol. The minimum Gasteiger partial charge on any atom is -0.341 e. The van der Waals surface area contributed by atoms with Crippen LogP contribution >= 0.6 is 11.8 Å². The summed E-state index contributed by atoms with van der Waals surface area (Å²) in [5.74, 6) is 1.20. The Morgan fingerprint density at radius 3 is 2.47 bits per heavy atom. The molecule has 0 aliphatic rings. The van der Waals surface area contributed by atoms with Gasteiger partial charge in [0.25, 0.3) is 0 Å². The lowest BCUT2D eigenvalue weighted by Gasteiger charge is -2.17. The SMILES string of the molecule is CNC(=O)NC(=O)CCSCC(C)(C)N. The van der Waals surface area contributed by atoms with E-state index in [1.807, 2.05) is 13.8 Å². The molecule has 0 aliphatic carbocycles. The molecule has 0 radical (unpaired) electrons. The van der Waals surface area contributed by atoms with E-state index in [9.17, 15) is 9.59 Å². The van der Waals surface area contributed by atoms with Crippen molar-refractivity contribution in [2.45, 2.75) is 25.8 Å². The molecule has 6 heteroatoms. The summed E-state index contributed by atoms with van der Waals surface area (Å²) in [5, 5.41) is 4.51. The zero-order chi connectivity index (χ0) is 11.9. The van der Waals surface area contributed by atoms with Crippen LogP contribution in [-0.2, 0) is 4.79 Å². The second-order valence-electron chi connectivity index (χ2n) is 3.92. The van der Waals surface area contributed by atoms with Crippen LogP contribution in [-0.4, -0.2) is 36.0 Å². The molecule has 0 bridgehead atoms. The van der Waals surface area contributed by atoms with Gasteiger partial charge in [-0.1, -0.05) is 0 Å². The third-order valence-electron chi connectivity index (χ3n) is 1.43. The smallest absolute Gasteiger partial charge is 0.321 e. The van der Waals surface area contributed by atoms with E-state index < -0.39 is 6.03 Å². The molecule has 0 rings (SSSR count). The van der Waals surface area contributed by atoms with Crippen LogP contribution in [0.25, 0.3) is 0 Å². The van der Waals surface area contributed by atoms with Gasteiger partial charge in [0.1, 0.15) is 0 Å². The Labute approximate surface area is 94.5 Å². The summed E-state index contributed by atoms with van der Waals surface area (Å²) in [5.41, 5.74) is 5.55. The van der Waals surface area contributed by atoms with Gasteiger partial charge in [0, 0.05) is 30.5 Å². The van der Waals surface area contributed by atoms with Crippen molar-refractivity contribution < 1.29 is 9.59 Å². The van der Waals surface area contributed by atoms with Crippen LogP contribution in [0.3, 0.4) is 0 Å². The molecule has 0 aromatic heterocycles. The Balaban J connectivity index is 3.52. The lowest BCUT2D eigenvalue weighted by molar-refractivity contribution is -0.119. The number of nitrogens with one attached hydrogen (secondary N) is 2. The second-order valence-corrected chi connectivity index (χ2v) is 5.02. The summed E-state index contributed by atoms with van der Waals surface area (Å²) >= 11 is 1.61. The van der Waals surface area contributed by atoms with Gasteiger partial charge in [-0.05, 0) is 13.8 Å². The van der Waals surface area contributed by atoms with Gasteiger partial charge in [0.2, 0.25) is 5.91 Å². The highest BCUT2D eigenvalue weighted by Gasteiger charge is 2.11. The Morgan fingerprint density at radius 1 is 1.40 bits per heavy atom. The van der Waals surface area contributed by atoms with Gasteiger partial charge < -0.3 is 11.1 Å². The van der Waals surface area contributed by atoms with Crippen LogP contribution in [0.5, 0.6) is 0 Å². The third kappa shape index (κ3) is 9.55. The zero-order valence-corrected chi connectivity index (χ0v) is 10.2. The first-order chi connectivity index (χ1) is 6.85. The van der Waals surface area contributed by atoms with Gasteiger partial charge in [-0.25, -0.2) is 4.79 Å². The first kappa shape index (κ1) is 14.2. The first-order valence-electron chi connectivity index (χ1n) is 4.73. The molecule has 0 saturated carbocycles. The van der Waals surface area contributed by atoms with Gasteiger partial charge in [0.05, 0.1) is 0 Å². The number of thioether (sulfide) groups is 1. The summed E-state index contributed by atoms with van der Waals surface area (Å²) in [7, 11) is 1.47. The number of nitrogens with two attached hydrogens (primary N) is 1. The maximum atomic E-state index is 11.1. The van der Waals surface area contributed by atoms with Crippen molar-refractivity contribution in [3.05, 3.63) is 0 Å². The van der Waals surface area contributed by atoms with Crippen molar-refractivity contribution in [2.24, 2.45) is 5.73 Å². The number of carbonyl (C=O) groups is 2. The summed E-state index contributed by atoms with van der Waals surface area (Å²) in [6.07, 6.45) is 0.328. The highest BCUT2D eigenvalue weighted by atomic mass is 32.2. The van der Waals surface area contributed by atoms with Gasteiger partial charge >= 0.3 is 6.03 Å². The lowest BCUT2D eigenvalue weighted by Crippen LogP contribution is -2.38. The Kier molecular flexibility index (Phi) is 6.35. The van der Waals surface area contributed by atoms with Crippen LogP contribution in [0, 0.1) is 0 Å². The number of imide groups is 1. The first-order valence-corrected chi connectivity index (χ1v) is 5.89. The maximum absolute atomic E-state index is 11.1. The van der Waals surface area contributed by atoms with E-state index in [0.29, 0.717) is 12.2 Å². The van der Waals surface area contributed by atoms with E-state index in [4.69, 9.17) is 5.73 Å². The molecular formula is C9H19N3O2S. The summed E-state index contributed by atoms with van der Waals surface area (Å²) in [6, 6.07) is -0.468. The van der Waals surface area contributed by atoms with Gasteiger partial charge in [-0.15, -0.1) is 0 Å². The molecule has 3 amide bonds. The lowest BCUT2D eigenvalue weighted by atomic mass is 10.1. The van der Waals surface area contributed by atoms with E-state index in [2.05, 4.69) is 10.6 Å². The Hall–Kier alpha value is -0.750. The molecule has 0 saturated heterocycles. The van der Waals surface area contributed by atoms with Crippen molar-refractivity contribution in [3.63, 3.8) is 0 Å². The monoisotopic (exact) mass is 233 g/mol. The average Bonchev–Trinajstić information content (AvgIpc) is 2.11. The summed E-state index contributed by atoms with van der Waals surface area (Å²) in [6.45, 7) is 3.87. The summed E-state index contributed by atoms with van der Waals surface area (Å²) < 4.78 is 0. The molecule has 0 heterocycles. The normalized spacial score (nSPS) is 10.9. The van der Waals surface area contributed by atoms with Crippen molar-refractivity contribution in [2.75, 3.05) is 18.6 Å². The van der Waals surface area contributed by atoms with E-state index in [1.54, 1.807) is 11.8 Å². The fraction of sp³-hybridized carbons (Fsp3) is 0.778. The Morgan fingerprint density at radius 2 is 2.00 bits per heavy atom. The molecule has 0 spiro atoms. The maximum Gasteiger partial charge on any atom is 0.321 e. The molecule has 15 heavy (non-hydrogen) atoms. The quantitative estimate of drug-likeness (QED) is 0.596. The number of urea groups is 1. The standard InChI is InChI=1S/C9H19N3O2S/c1-9(2,10)6-15-5-4-7(13)12-8(14)11-3/h4-6,10H2,1-3H3,(H2,11,12,13,14). The van der Waals surface area contributed by atoms with Crippen LogP contribution in [0.15, 0.2) is 0 Å². The molecular weight excluding hydrogens is 214 g/mol. The van der Waals surface area contributed by atoms with Crippen LogP contribution in [0.2, 0.25) is 0 Å². The number of hydrogen-bond donors (Lipinski definition) is 3. The van der Waals surface area contributed by atoms with Crippen LogP contribution in [0.1, 0.15) is 20.3 Å². The minimum atomic E-state index is -0.468. The predicted octanol–water partition coefficient (Wildman–Crippen LogP) is 0.303. The number of rotatable bonds is 5. The van der Waals surface area contributed by atoms with Crippen molar-refractivity contribution in [1.82, 2.24) is 10.6 Å². The van der Waals surface area contributed by atoms with Crippen molar-refractivity contribution >= 4 is 23.7 Å². The molecule has 0 unspecified atom stereocenters. The highest BCUT2D eigenvalue weighted by Crippen LogP contribution is 2.10. The summed E-state index contributed by atoms with van der Waals surface area (Å²) in [4.78, 5) is 21.9. The van der Waals surface area contributed by atoms with E-state index in [0.717, 1.165) is 5.75 Å². The molecule has 0 atom stereocenters. The second kappa shape index (κ2) is 6.68. The van der Waals surface area contributed by atoms with Gasteiger partial charge in [-0.2, -0.15) is 11.8 Å². The fourth-order valence-corrected chi connectivity index (χ4v) is 1.75. The van der Waals surface area contributed by atoms with Gasteiger partial charge in [-0.3, -0.25) is 10.1 Å². The topological polar surface area (TPSA) is 84.2 Å². The zero-order valence-electron chi connectivity index (χ0n) is 9.42.